The van der Waals surface area contributed by atoms with Gasteiger partial charge in [0, 0.05) is 0 Å². The predicted octanol–water partition coefficient (Wildman–Crippen LogP) is 3.75. The highest BCUT2D eigenvalue weighted by Crippen LogP contribution is 2.30. The Balaban J connectivity index is 2.26. The maximum atomic E-state index is 10.1. The van der Waals surface area contributed by atoms with E-state index in [2.05, 4.69) is 13.8 Å². The minimum absolute atomic E-state index is 0.0342. The van der Waals surface area contributed by atoms with E-state index in [1.807, 2.05) is 0 Å². The smallest absolute Gasteiger partial charge is 0.0570 e. The first-order valence-corrected chi connectivity index (χ1v) is 6.46. The van der Waals surface area contributed by atoms with Crippen molar-refractivity contribution in [3.63, 3.8) is 0 Å². The van der Waals surface area contributed by atoms with E-state index in [0.29, 0.717) is 5.92 Å². The average Bonchev–Trinajstić information content (AvgIpc) is 2.21. The van der Waals surface area contributed by atoms with Crippen molar-refractivity contribution in [1.29, 1.82) is 0 Å². The average molecular weight is 198 g/mol. The molecule has 0 radical (unpaired) electrons. The molecular weight excluding hydrogens is 172 g/mol. The summed E-state index contributed by atoms with van der Waals surface area (Å²) in [6.45, 7) is 4.39. The molecule has 1 aliphatic carbocycles. The van der Waals surface area contributed by atoms with Gasteiger partial charge in [0.15, 0.2) is 0 Å². The summed E-state index contributed by atoms with van der Waals surface area (Å²) in [4.78, 5) is 0. The molecule has 1 saturated carbocycles. The first-order valence-electron chi connectivity index (χ1n) is 6.46. The Kier molecular flexibility index (Phi) is 5.54. The fourth-order valence-electron chi connectivity index (χ4n) is 2.79. The van der Waals surface area contributed by atoms with Gasteiger partial charge >= 0.3 is 0 Å². The first kappa shape index (κ1) is 12.0. The monoisotopic (exact) mass is 198 g/mol. The third-order valence-electron chi connectivity index (χ3n) is 3.89. The molecule has 1 heteroatoms. The van der Waals surface area contributed by atoms with Crippen molar-refractivity contribution in [3.05, 3.63) is 0 Å². The normalized spacial score (nSPS) is 21.4. The van der Waals surface area contributed by atoms with Crippen molar-refractivity contribution in [2.24, 2.45) is 11.8 Å². The molecule has 0 spiro atoms. The number of hydrogen-bond acceptors (Lipinski definition) is 1. The molecule has 0 aromatic heterocycles. The van der Waals surface area contributed by atoms with Crippen LogP contribution in [0.2, 0.25) is 0 Å². The van der Waals surface area contributed by atoms with Gasteiger partial charge in [0.25, 0.3) is 0 Å². The van der Waals surface area contributed by atoms with E-state index < -0.39 is 0 Å². The summed E-state index contributed by atoms with van der Waals surface area (Å²) in [5.41, 5.74) is 0. The maximum absolute atomic E-state index is 10.1. The van der Waals surface area contributed by atoms with E-state index in [9.17, 15) is 5.11 Å². The van der Waals surface area contributed by atoms with E-state index >= 15 is 0 Å². The van der Waals surface area contributed by atoms with E-state index in [1.54, 1.807) is 0 Å². The topological polar surface area (TPSA) is 20.2 Å². The van der Waals surface area contributed by atoms with E-state index in [4.69, 9.17) is 0 Å². The second-order valence-corrected chi connectivity index (χ2v) is 4.88. The molecule has 14 heavy (non-hydrogen) atoms. The molecule has 1 aliphatic rings. The Morgan fingerprint density at radius 1 is 1.07 bits per heavy atom. The maximum Gasteiger partial charge on any atom is 0.0570 e. The largest absolute Gasteiger partial charge is 0.393 e. The van der Waals surface area contributed by atoms with E-state index in [1.165, 1.54) is 32.1 Å². The SMILES string of the molecule is CCC(CC)C(O)CC1CCCCC1. The lowest BCUT2D eigenvalue weighted by molar-refractivity contribution is 0.0703. The molecule has 0 aromatic carbocycles. The molecular formula is C13H26O. The molecule has 1 rings (SSSR count). The van der Waals surface area contributed by atoms with E-state index in [-0.39, 0.29) is 6.10 Å². The third-order valence-corrected chi connectivity index (χ3v) is 3.89. The summed E-state index contributed by atoms with van der Waals surface area (Å²) in [7, 11) is 0. The molecule has 84 valence electrons. The Morgan fingerprint density at radius 2 is 1.64 bits per heavy atom. The third kappa shape index (κ3) is 3.61. The van der Waals surface area contributed by atoms with Gasteiger partial charge in [-0.2, -0.15) is 0 Å². The van der Waals surface area contributed by atoms with Crippen LogP contribution in [0.25, 0.3) is 0 Å². The highest BCUT2D eigenvalue weighted by Gasteiger charge is 2.21. The van der Waals surface area contributed by atoms with Crippen molar-refractivity contribution in [2.45, 2.75) is 71.3 Å². The quantitative estimate of drug-likeness (QED) is 0.713. The molecule has 1 nitrogen and oxygen atoms in total. The van der Waals surface area contributed by atoms with Crippen LogP contribution >= 0.6 is 0 Å². The zero-order chi connectivity index (χ0) is 10.4. The molecule has 0 heterocycles. The van der Waals surface area contributed by atoms with Gasteiger partial charge < -0.3 is 5.11 Å². The van der Waals surface area contributed by atoms with Gasteiger partial charge in [-0.3, -0.25) is 0 Å². The van der Waals surface area contributed by atoms with Gasteiger partial charge in [-0.1, -0.05) is 58.8 Å². The number of aliphatic hydroxyl groups excluding tert-OH is 1. The molecule has 1 fully saturated rings. The lowest BCUT2D eigenvalue weighted by atomic mass is 9.82. The standard InChI is InChI=1S/C13H26O/c1-3-12(4-2)13(14)10-11-8-6-5-7-9-11/h11-14H,3-10H2,1-2H3. The predicted molar refractivity (Wildman–Crippen MR) is 61.3 cm³/mol. The van der Waals surface area contributed by atoms with Crippen LogP contribution < -0.4 is 0 Å². The fraction of sp³-hybridized carbons (Fsp3) is 1.00. The Morgan fingerprint density at radius 3 is 2.14 bits per heavy atom. The van der Waals surface area contributed by atoms with Gasteiger partial charge in [-0.05, 0) is 18.3 Å². The Bertz CT molecular complexity index is 134. The molecule has 0 aromatic rings. The lowest BCUT2D eigenvalue weighted by Crippen LogP contribution is -2.23. The lowest BCUT2D eigenvalue weighted by Gasteiger charge is -2.27. The van der Waals surface area contributed by atoms with Crippen molar-refractivity contribution < 1.29 is 5.11 Å². The zero-order valence-corrected chi connectivity index (χ0v) is 9.84. The van der Waals surface area contributed by atoms with Crippen LogP contribution in [0.15, 0.2) is 0 Å². The molecule has 0 aliphatic heterocycles. The first-order chi connectivity index (χ1) is 6.77. The van der Waals surface area contributed by atoms with Gasteiger partial charge in [-0.15, -0.1) is 0 Å². The second kappa shape index (κ2) is 6.44. The van der Waals surface area contributed by atoms with Crippen LogP contribution in [0, 0.1) is 11.8 Å². The minimum atomic E-state index is -0.0342. The van der Waals surface area contributed by atoms with Gasteiger partial charge in [0.05, 0.1) is 6.10 Å². The Labute approximate surface area is 88.9 Å². The summed E-state index contributed by atoms with van der Waals surface area (Å²) in [5.74, 6) is 1.36. The van der Waals surface area contributed by atoms with Crippen LogP contribution in [-0.4, -0.2) is 11.2 Å². The summed E-state index contributed by atoms with van der Waals surface area (Å²) < 4.78 is 0. The molecule has 1 N–H and O–H groups in total. The minimum Gasteiger partial charge on any atom is -0.393 e. The van der Waals surface area contributed by atoms with Crippen molar-refractivity contribution in [1.82, 2.24) is 0 Å². The summed E-state index contributed by atoms with van der Waals surface area (Å²) >= 11 is 0. The molecule has 1 unspecified atom stereocenters. The number of rotatable bonds is 5. The van der Waals surface area contributed by atoms with Crippen LogP contribution in [0.4, 0.5) is 0 Å². The number of aliphatic hydroxyl groups is 1. The van der Waals surface area contributed by atoms with Crippen LogP contribution in [0.1, 0.15) is 65.2 Å². The fourth-order valence-corrected chi connectivity index (χ4v) is 2.79. The molecule has 0 amide bonds. The van der Waals surface area contributed by atoms with Crippen molar-refractivity contribution in [2.75, 3.05) is 0 Å². The highest BCUT2D eigenvalue weighted by molar-refractivity contribution is 4.73. The Hall–Kier alpha value is -0.0400. The van der Waals surface area contributed by atoms with Crippen molar-refractivity contribution >= 4 is 0 Å². The number of hydrogen-bond donors (Lipinski definition) is 1. The molecule has 1 atom stereocenters. The second-order valence-electron chi connectivity index (χ2n) is 4.88. The van der Waals surface area contributed by atoms with Gasteiger partial charge in [0.1, 0.15) is 0 Å². The summed E-state index contributed by atoms with van der Waals surface area (Å²) in [5, 5.41) is 10.1. The van der Waals surface area contributed by atoms with Crippen LogP contribution in [-0.2, 0) is 0 Å². The highest BCUT2D eigenvalue weighted by atomic mass is 16.3. The van der Waals surface area contributed by atoms with Crippen LogP contribution in [0.5, 0.6) is 0 Å². The summed E-state index contributed by atoms with van der Waals surface area (Å²) in [6.07, 6.45) is 10.2. The van der Waals surface area contributed by atoms with Gasteiger partial charge in [0.2, 0.25) is 0 Å². The van der Waals surface area contributed by atoms with Crippen molar-refractivity contribution in [3.8, 4) is 0 Å². The zero-order valence-electron chi connectivity index (χ0n) is 9.84. The molecule has 0 saturated heterocycles. The molecule has 0 bridgehead atoms. The van der Waals surface area contributed by atoms with Gasteiger partial charge in [-0.25, -0.2) is 0 Å². The van der Waals surface area contributed by atoms with Crippen LogP contribution in [0.3, 0.4) is 0 Å². The summed E-state index contributed by atoms with van der Waals surface area (Å²) in [6, 6.07) is 0. The van der Waals surface area contributed by atoms with E-state index in [0.717, 1.165) is 25.2 Å².